The predicted molar refractivity (Wildman–Crippen MR) is 77.2 cm³/mol. The number of benzene rings is 1. The van der Waals surface area contributed by atoms with Crippen LogP contribution in [-0.2, 0) is 10.1 Å². The van der Waals surface area contributed by atoms with Gasteiger partial charge in [0.25, 0.3) is 0 Å². The van der Waals surface area contributed by atoms with E-state index < -0.39 is 39.3 Å². The summed E-state index contributed by atoms with van der Waals surface area (Å²) in [5, 5.41) is -6.73. The maximum Gasteiger partial charge on any atom is 0.460 e. The Balaban J connectivity index is 2.48. The van der Waals surface area contributed by atoms with Crippen molar-refractivity contribution in [2.24, 2.45) is 0 Å². The molecule has 2 aromatic rings. The topological polar surface area (TPSA) is 56.3 Å². The Bertz CT molecular complexity index is 1010. The van der Waals surface area contributed by atoms with E-state index in [4.69, 9.17) is 11.6 Å². The maximum atomic E-state index is 13.6. The first kappa shape index (κ1) is 22.3. The van der Waals surface area contributed by atoms with E-state index in [0.717, 1.165) is 6.20 Å². The van der Waals surface area contributed by atoms with Crippen molar-refractivity contribution in [1.29, 1.82) is 0 Å². The predicted octanol–water partition coefficient (Wildman–Crippen LogP) is 5.02. The van der Waals surface area contributed by atoms with E-state index >= 15 is 0 Å². The quantitative estimate of drug-likeness (QED) is 0.463. The van der Waals surface area contributed by atoms with Gasteiger partial charge in [-0.3, -0.25) is 0 Å². The van der Waals surface area contributed by atoms with Crippen molar-refractivity contribution >= 4 is 32.5 Å². The van der Waals surface area contributed by atoms with Gasteiger partial charge in [0, 0.05) is 22.7 Å². The summed E-state index contributed by atoms with van der Waals surface area (Å²) in [6.45, 7) is 0. The van der Waals surface area contributed by atoms with Crippen LogP contribution < -0.4 is 4.18 Å². The van der Waals surface area contributed by atoms with Gasteiger partial charge in [-0.1, -0.05) is 23.7 Å². The number of hydrogen-bond acceptors (Lipinski definition) is 4. The molecule has 0 aliphatic carbocycles. The lowest BCUT2D eigenvalue weighted by Crippen LogP contribution is -2.63. The molecule has 0 saturated carbocycles. The van der Waals surface area contributed by atoms with Gasteiger partial charge in [0.05, 0.1) is 0 Å². The second kappa shape index (κ2) is 6.54. The van der Waals surface area contributed by atoms with Crippen molar-refractivity contribution < 1.29 is 52.1 Å². The van der Waals surface area contributed by atoms with Crippen LogP contribution in [0.25, 0.3) is 10.8 Å². The fourth-order valence-corrected chi connectivity index (χ4v) is 2.94. The van der Waals surface area contributed by atoms with E-state index in [2.05, 4.69) is 9.17 Å². The highest BCUT2D eigenvalue weighted by Crippen LogP contribution is 2.54. The summed E-state index contributed by atoms with van der Waals surface area (Å²) in [4.78, 5) is 3.19. The molecule has 15 heteroatoms. The van der Waals surface area contributed by atoms with Gasteiger partial charge in [-0.05, 0) is 11.5 Å². The minimum atomic E-state index is -7.39. The lowest BCUT2D eigenvalue weighted by Gasteiger charge is -2.32. The zero-order valence-corrected chi connectivity index (χ0v) is 14.3. The van der Waals surface area contributed by atoms with E-state index in [0.29, 0.717) is 6.07 Å². The molecule has 0 spiro atoms. The second-order valence-electron chi connectivity index (χ2n) is 5.18. The van der Waals surface area contributed by atoms with Gasteiger partial charge in [-0.25, -0.2) is 4.98 Å². The number of hydrogen-bond donors (Lipinski definition) is 0. The molecule has 0 aliphatic rings. The molecule has 0 amide bonds. The number of alkyl halides is 9. The molecule has 0 fully saturated rings. The molecular formula is C13H5ClF9NO3S. The van der Waals surface area contributed by atoms with Crippen molar-refractivity contribution in [3.63, 3.8) is 0 Å². The second-order valence-corrected chi connectivity index (χ2v) is 7.18. The number of rotatable bonds is 5. The number of aromatic nitrogens is 1. The largest absolute Gasteiger partial charge is 0.460 e. The monoisotopic (exact) mass is 461 g/mol. The molecule has 1 aromatic heterocycles. The number of halogens is 10. The molecule has 0 saturated heterocycles. The zero-order valence-electron chi connectivity index (χ0n) is 12.7. The lowest BCUT2D eigenvalue weighted by molar-refractivity contribution is -0.382. The molecule has 0 bridgehead atoms. The van der Waals surface area contributed by atoms with Crippen molar-refractivity contribution in [2.45, 2.75) is 23.3 Å². The van der Waals surface area contributed by atoms with Crippen molar-refractivity contribution in [1.82, 2.24) is 4.98 Å². The Hall–Kier alpha value is -1.96. The Labute approximate surface area is 155 Å². The van der Waals surface area contributed by atoms with Crippen LogP contribution in [-0.4, -0.2) is 36.7 Å². The third-order valence-corrected chi connectivity index (χ3v) is 4.92. The molecule has 2 rings (SSSR count). The van der Waals surface area contributed by atoms with Crippen LogP contribution in [0.2, 0.25) is 5.02 Å². The summed E-state index contributed by atoms with van der Waals surface area (Å²) < 4.78 is 142. The molecular weight excluding hydrogens is 457 g/mol. The third-order valence-electron chi connectivity index (χ3n) is 3.31. The highest BCUT2D eigenvalue weighted by atomic mass is 35.5. The molecule has 4 nitrogen and oxygen atoms in total. The Morgan fingerprint density at radius 3 is 2.04 bits per heavy atom. The Kier molecular flexibility index (Phi) is 5.22. The normalized spacial score (nSPS) is 14.4. The molecule has 0 aliphatic heterocycles. The van der Waals surface area contributed by atoms with Gasteiger partial charge in [0.15, 0.2) is 0 Å². The summed E-state index contributed by atoms with van der Waals surface area (Å²) >= 11 is 5.76. The van der Waals surface area contributed by atoms with Crippen molar-refractivity contribution in [2.75, 3.05) is 0 Å². The van der Waals surface area contributed by atoms with Crippen LogP contribution in [0.3, 0.4) is 0 Å². The van der Waals surface area contributed by atoms with Gasteiger partial charge in [-0.15, -0.1) is 0 Å². The molecule has 28 heavy (non-hydrogen) atoms. The highest BCUT2D eigenvalue weighted by Gasteiger charge is 2.86. The summed E-state index contributed by atoms with van der Waals surface area (Å²) in [6.07, 6.45) is -6.39. The fraction of sp³-hybridized carbons (Fsp3) is 0.308. The zero-order chi connectivity index (χ0) is 21.8. The van der Waals surface area contributed by atoms with E-state index in [9.17, 15) is 47.9 Å². The summed E-state index contributed by atoms with van der Waals surface area (Å²) in [7, 11) is -7.05. The van der Waals surface area contributed by atoms with Crippen molar-refractivity contribution in [3.05, 3.63) is 35.5 Å². The van der Waals surface area contributed by atoms with Gasteiger partial charge in [-0.2, -0.15) is 47.9 Å². The molecule has 0 atom stereocenters. The van der Waals surface area contributed by atoms with Crippen LogP contribution in [0, 0.1) is 0 Å². The Morgan fingerprint density at radius 2 is 1.50 bits per heavy atom. The first-order valence-electron chi connectivity index (χ1n) is 6.64. The molecule has 0 N–H and O–H groups in total. The summed E-state index contributed by atoms with van der Waals surface area (Å²) in [6, 6.07) is 4.54. The third kappa shape index (κ3) is 3.32. The minimum absolute atomic E-state index is 0.0170. The molecule has 1 heterocycles. The van der Waals surface area contributed by atoms with Crippen LogP contribution in [0.5, 0.6) is 5.88 Å². The van der Waals surface area contributed by atoms with E-state index in [1.165, 1.54) is 18.2 Å². The first-order valence-corrected chi connectivity index (χ1v) is 8.43. The molecule has 0 unspecified atom stereocenters. The van der Waals surface area contributed by atoms with Gasteiger partial charge in [0.2, 0.25) is 5.88 Å². The van der Waals surface area contributed by atoms with E-state index in [-0.39, 0.29) is 15.8 Å². The fourth-order valence-electron chi connectivity index (χ4n) is 1.84. The van der Waals surface area contributed by atoms with Crippen LogP contribution in [0.15, 0.2) is 30.5 Å². The van der Waals surface area contributed by atoms with Crippen molar-refractivity contribution in [3.8, 4) is 5.88 Å². The number of pyridine rings is 1. The smallest absolute Gasteiger partial charge is 0.357 e. The van der Waals surface area contributed by atoms with Gasteiger partial charge in [0.1, 0.15) is 0 Å². The van der Waals surface area contributed by atoms with Crippen LogP contribution in [0.1, 0.15) is 0 Å². The standard InChI is InChI=1S/C13H5ClF9NO3S/c14-8-3-1-2-6-4-9(24-5-7(6)8)27-28(25,26)13(22,23)11(17,18)10(15,16)12(19,20)21/h1-5H. The average molecular weight is 462 g/mol. The van der Waals surface area contributed by atoms with Crippen LogP contribution in [0.4, 0.5) is 39.5 Å². The van der Waals surface area contributed by atoms with Crippen LogP contribution >= 0.6 is 11.6 Å². The van der Waals surface area contributed by atoms with Gasteiger partial charge < -0.3 is 4.18 Å². The maximum absolute atomic E-state index is 13.6. The summed E-state index contributed by atoms with van der Waals surface area (Å²) in [5.74, 6) is -16.1. The van der Waals surface area contributed by atoms with E-state index in [1.807, 2.05) is 0 Å². The SMILES string of the molecule is O=S(=O)(Oc1cc2cccc(Cl)c2cn1)C(F)(F)C(F)(F)C(F)(F)C(F)(F)F. The number of fused-ring (bicyclic) bond motifs is 1. The van der Waals surface area contributed by atoms with Gasteiger partial charge >= 0.3 is 33.4 Å². The molecule has 0 radical (unpaired) electrons. The molecule has 1 aromatic carbocycles. The Morgan fingerprint density at radius 1 is 0.929 bits per heavy atom. The highest BCUT2D eigenvalue weighted by molar-refractivity contribution is 7.88. The minimum Gasteiger partial charge on any atom is -0.357 e. The average Bonchev–Trinajstić information content (AvgIpc) is 2.53. The lowest BCUT2D eigenvalue weighted by atomic mass is 10.1. The number of nitrogens with zero attached hydrogens (tertiary/aromatic N) is 1. The summed E-state index contributed by atoms with van der Waals surface area (Å²) in [5.41, 5.74) is 0. The first-order chi connectivity index (χ1) is 12.5. The van der Waals surface area contributed by atoms with E-state index in [1.54, 1.807) is 0 Å². The molecule has 156 valence electrons.